The van der Waals surface area contributed by atoms with Gasteiger partial charge in [0.15, 0.2) is 0 Å². The molecule has 118 valence electrons. The Morgan fingerprint density at radius 3 is 2.67 bits per heavy atom. The Hall–Kier alpha value is -0.900. The molecule has 1 N–H and O–H groups in total. The van der Waals surface area contributed by atoms with E-state index in [9.17, 15) is 0 Å². The molecule has 1 atom stereocenters. The number of likely N-dealkylation sites (N-methyl/N-ethyl adjacent to an activating group) is 2. The second-order valence-electron chi connectivity index (χ2n) is 6.47. The van der Waals surface area contributed by atoms with Gasteiger partial charge in [0.05, 0.1) is 6.61 Å². The lowest BCUT2D eigenvalue weighted by molar-refractivity contribution is 0.101. The van der Waals surface area contributed by atoms with Gasteiger partial charge in [-0.15, -0.1) is 0 Å². The van der Waals surface area contributed by atoms with Crippen molar-refractivity contribution in [2.75, 3.05) is 40.4 Å². The molecular formula is C18H30N2O. The van der Waals surface area contributed by atoms with Gasteiger partial charge in [-0.1, -0.05) is 18.2 Å². The molecule has 0 saturated heterocycles. The Labute approximate surface area is 129 Å². The Kier molecular flexibility index (Phi) is 6.22. The molecule has 21 heavy (non-hydrogen) atoms. The molecule has 3 heteroatoms. The van der Waals surface area contributed by atoms with Crippen LogP contribution in [0.25, 0.3) is 0 Å². The van der Waals surface area contributed by atoms with E-state index in [1.165, 1.54) is 29.5 Å². The lowest BCUT2D eigenvalue weighted by Crippen LogP contribution is -2.33. The third-order valence-corrected chi connectivity index (χ3v) is 4.44. The number of hydrogen-bond acceptors (Lipinski definition) is 3. The molecule has 0 bridgehead atoms. The maximum atomic E-state index is 5.72. The van der Waals surface area contributed by atoms with Crippen molar-refractivity contribution in [2.24, 2.45) is 5.92 Å². The maximum absolute atomic E-state index is 5.72. The third kappa shape index (κ3) is 5.42. The quantitative estimate of drug-likeness (QED) is 0.708. The van der Waals surface area contributed by atoms with E-state index in [-0.39, 0.29) is 0 Å². The van der Waals surface area contributed by atoms with E-state index in [0.29, 0.717) is 6.04 Å². The first kappa shape index (κ1) is 16.5. The molecule has 0 aliphatic heterocycles. The Morgan fingerprint density at radius 2 is 2.05 bits per heavy atom. The van der Waals surface area contributed by atoms with Crippen molar-refractivity contribution in [1.29, 1.82) is 0 Å². The summed E-state index contributed by atoms with van der Waals surface area (Å²) in [4.78, 5) is 2.35. The van der Waals surface area contributed by atoms with Crippen LogP contribution < -0.4 is 5.32 Å². The number of aryl methyl sites for hydroxylation is 2. The normalized spacial score (nSPS) is 16.4. The van der Waals surface area contributed by atoms with Crippen LogP contribution >= 0.6 is 0 Å². The topological polar surface area (TPSA) is 24.5 Å². The van der Waals surface area contributed by atoms with Crippen LogP contribution in [-0.4, -0.2) is 45.3 Å². The number of hydrogen-bond donors (Lipinski definition) is 1. The molecule has 1 saturated carbocycles. The molecule has 0 radical (unpaired) electrons. The summed E-state index contributed by atoms with van der Waals surface area (Å²) in [6.07, 6.45) is 2.73. The molecule has 1 aliphatic carbocycles. The van der Waals surface area contributed by atoms with Gasteiger partial charge in [0.25, 0.3) is 0 Å². The second-order valence-corrected chi connectivity index (χ2v) is 6.47. The number of rotatable bonds is 9. The van der Waals surface area contributed by atoms with E-state index < -0.39 is 0 Å². The summed E-state index contributed by atoms with van der Waals surface area (Å²) in [6, 6.07) is 7.13. The Balaban J connectivity index is 1.77. The van der Waals surface area contributed by atoms with Crippen LogP contribution in [0, 0.1) is 19.8 Å². The maximum Gasteiger partial charge on any atom is 0.0593 e. The predicted octanol–water partition coefficient (Wildman–Crippen LogP) is 2.92. The van der Waals surface area contributed by atoms with Crippen molar-refractivity contribution in [3.05, 3.63) is 34.9 Å². The van der Waals surface area contributed by atoms with E-state index in [1.807, 2.05) is 7.05 Å². The average molecular weight is 290 g/mol. The molecule has 0 spiro atoms. The first-order chi connectivity index (χ1) is 10.1. The highest BCUT2D eigenvalue weighted by atomic mass is 16.5. The molecule has 1 aromatic rings. The van der Waals surface area contributed by atoms with Gasteiger partial charge in [-0.3, -0.25) is 0 Å². The number of nitrogens with one attached hydrogen (secondary N) is 1. The molecule has 0 amide bonds. The van der Waals surface area contributed by atoms with Gasteiger partial charge in [0.2, 0.25) is 0 Å². The zero-order valence-electron chi connectivity index (χ0n) is 14.0. The van der Waals surface area contributed by atoms with Crippen molar-refractivity contribution >= 4 is 0 Å². The first-order valence-corrected chi connectivity index (χ1v) is 8.11. The Morgan fingerprint density at radius 1 is 1.29 bits per heavy atom. The largest absolute Gasteiger partial charge is 0.380 e. The molecule has 1 aliphatic rings. The molecule has 0 heterocycles. The predicted molar refractivity (Wildman–Crippen MR) is 88.8 cm³/mol. The van der Waals surface area contributed by atoms with Crippen LogP contribution in [0.3, 0.4) is 0 Å². The Bertz CT molecular complexity index is 443. The van der Waals surface area contributed by atoms with Crippen molar-refractivity contribution in [3.63, 3.8) is 0 Å². The van der Waals surface area contributed by atoms with Crippen molar-refractivity contribution in [3.8, 4) is 0 Å². The molecular weight excluding hydrogens is 260 g/mol. The molecule has 1 aromatic carbocycles. The van der Waals surface area contributed by atoms with E-state index in [4.69, 9.17) is 4.74 Å². The summed E-state index contributed by atoms with van der Waals surface area (Å²) < 4.78 is 5.72. The summed E-state index contributed by atoms with van der Waals surface area (Å²) in [6.45, 7) is 8.15. The fourth-order valence-electron chi connectivity index (χ4n) is 2.50. The molecule has 0 aromatic heterocycles. The van der Waals surface area contributed by atoms with Gasteiger partial charge in [-0.2, -0.15) is 0 Å². The summed E-state index contributed by atoms with van der Waals surface area (Å²) in [5.74, 6) is 0.857. The standard InChI is InChI=1S/C18H30N2O/c1-14-5-8-17(11-15(14)2)18(19-3)12-20(4)9-10-21-13-16-6-7-16/h5,8,11,16,18-19H,6-7,9-10,12-13H2,1-4H3. The van der Waals surface area contributed by atoms with E-state index in [1.54, 1.807) is 0 Å². The van der Waals surface area contributed by atoms with Crippen molar-refractivity contribution in [1.82, 2.24) is 10.2 Å². The molecule has 1 fully saturated rings. The minimum atomic E-state index is 0.373. The second kappa shape index (κ2) is 7.92. The molecule has 1 unspecified atom stereocenters. The SMILES string of the molecule is CNC(CN(C)CCOCC1CC1)c1ccc(C)c(C)c1. The minimum absolute atomic E-state index is 0.373. The minimum Gasteiger partial charge on any atom is -0.380 e. The number of benzene rings is 1. The highest BCUT2D eigenvalue weighted by Crippen LogP contribution is 2.28. The zero-order valence-corrected chi connectivity index (χ0v) is 14.0. The summed E-state index contributed by atoms with van der Waals surface area (Å²) in [5, 5.41) is 3.43. The summed E-state index contributed by atoms with van der Waals surface area (Å²) in [5.41, 5.74) is 4.09. The smallest absolute Gasteiger partial charge is 0.0593 e. The molecule has 3 nitrogen and oxygen atoms in total. The summed E-state index contributed by atoms with van der Waals surface area (Å²) >= 11 is 0. The van der Waals surface area contributed by atoms with Crippen LogP contribution in [0.1, 0.15) is 35.6 Å². The fourth-order valence-corrected chi connectivity index (χ4v) is 2.50. The van der Waals surface area contributed by atoms with Gasteiger partial charge in [-0.05, 0) is 63.4 Å². The van der Waals surface area contributed by atoms with Crippen LogP contribution in [0.2, 0.25) is 0 Å². The van der Waals surface area contributed by atoms with Crippen molar-refractivity contribution < 1.29 is 4.74 Å². The van der Waals surface area contributed by atoms with Crippen LogP contribution in [0.5, 0.6) is 0 Å². The van der Waals surface area contributed by atoms with E-state index in [0.717, 1.165) is 32.2 Å². The van der Waals surface area contributed by atoms with Crippen LogP contribution in [-0.2, 0) is 4.74 Å². The lowest BCUT2D eigenvalue weighted by atomic mass is 10.0. The first-order valence-electron chi connectivity index (χ1n) is 8.11. The van der Waals surface area contributed by atoms with E-state index >= 15 is 0 Å². The number of nitrogens with zero attached hydrogens (tertiary/aromatic N) is 1. The highest BCUT2D eigenvalue weighted by Gasteiger charge is 2.21. The average Bonchev–Trinajstić information content (AvgIpc) is 3.28. The van der Waals surface area contributed by atoms with Crippen LogP contribution in [0.15, 0.2) is 18.2 Å². The van der Waals surface area contributed by atoms with Gasteiger partial charge < -0.3 is 15.0 Å². The van der Waals surface area contributed by atoms with E-state index in [2.05, 4.69) is 49.3 Å². The number of ether oxygens (including phenoxy) is 1. The fraction of sp³-hybridized carbons (Fsp3) is 0.667. The molecule has 2 rings (SSSR count). The van der Waals surface area contributed by atoms with Crippen molar-refractivity contribution in [2.45, 2.75) is 32.7 Å². The monoisotopic (exact) mass is 290 g/mol. The van der Waals surface area contributed by atoms with Crippen LogP contribution in [0.4, 0.5) is 0 Å². The van der Waals surface area contributed by atoms with Gasteiger partial charge >= 0.3 is 0 Å². The van der Waals surface area contributed by atoms with Gasteiger partial charge in [0, 0.05) is 25.7 Å². The zero-order chi connectivity index (χ0) is 15.2. The van der Waals surface area contributed by atoms with Gasteiger partial charge in [0.1, 0.15) is 0 Å². The summed E-state index contributed by atoms with van der Waals surface area (Å²) in [7, 11) is 4.21. The van der Waals surface area contributed by atoms with Gasteiger partial charge in [-0.25, -0.2) is 0 Å². The third-order valence-electron chi connectivity index (χ3n) is 4.44. The lowest BCUT2D eigenvalue weighted by Gasteiger charge is -2.24. The highest BCUT2D eigenvalue weighted by molar-refractivity contribution is 5.31.